The lowest BCUT2D eigenvalue weighted by Crippen LogP contribution is -2.26. The highest BCUT2D eigenvalue weighted by atomic mass is 35.5. The van der Waals surface area contributed by atoms with Crippen molar-refractivity contribution in [2.24, 2.45) is 0 Å². The summed E-state index contributed by atoms with van der Waals surface area (Å²) in [6.45, 7) is 2.05. The van der Waals surface area contributed by atoms with Crippen LogP contribution in [0.5, 0.6) is 5.75 Å². The Morgan fingerprint density at radius 1 is 1.00 bits per heavy atom. The Bertz CT molecular complexity index is 1890. The monoisotopic (exact) mass is 692 g/mol. The van der Waals surface area contributed by atoms with Gasteiger partial charge in [0.15, 0.2) is 0 Å². The molecule has 0 radical (unpaired) electrons. The van der Waals surface area contributed by atoms with Crippen molar-refractivity contribution in [1.82, 2.24) is 19.4 Å². The number of carboxylic acids is 1. The number of imidazole rings is 1. The van der Waals surface area contributed by atoms with Gasteiger partial charge in [0.25, 0.3) is 0 Å². The molecule has 3 aromatic carbocycles. The van der Waals surface area contributed by atoms with Gasteiger partial charge in [-0.05, 0) is 86.5 Å². The van der Waals surface area contributed by atoms with Gasteiger partial charge in [-0.1, -0.05) is 19.3 Å². The summed E-state index contributed by atoms with van der Waals surface area (Å²) in [7, 11) is 3.35. The smallest absolute Gasteiger partial charge is 0.335 e. The molecule has 0 saturated heterocycles. The van der Waals surface area contributed by atoms with Crippen LogP contribution in [0.1, 0.15) is 71.4 Å². The fourth-order valence-electron chi connectivity index (χ4n) is 5.97. The number of hydrogen-bond donors (Lipinski definition) is 1. The van der Waals surface area contributed by atoms with Crippen molar-refractivity contribution in [2.45, 2.75) is 57.8 Å². The number of amides is 1. The van der Waals surface area contributed by atoms with Crippen LogP contribution in [0.4, 0.5) is 4.39 Å². The van der Waals surface area contributed by atoms with Gasteiger partial charge in [-0.15, -0.1) is 23.7 Å². The Morgan fingerprint density at radius 2 is 1.69 bits per heavy atom. The summed E-state index contributed by atoms with van der Waals surface area (Å²) in [4.78, 5) is 35.7. The van der Waals surface area contributed by atoms with Gasteiger partial charge >= 0.3 is 5.97 Å². The first-order valence-corrected chi connectivity index (χ1v) is 16.6. The maximum atomic E-state index is 13.7. The van der Waals surface area contributed by atoms with E-state index in [0.29, 0.717) is 28.0 Å². The minimum absolute atomic E-state index is 0. The first-order chi connectivity index (χ1) is 22.7. The van der Waals surface area contributed by atoms with Crippen molar-refractivity contribution in [3.8, 4) is 28.4 Å². The number of aromatic nitrogens is 3. The third-order valence-corrected chi connectivity index (χ3v) is 9.63. The van der Waals surface area contributed by atoms with Crippen LogP contribution < -0.4 is 4.74 Å². The number of hydrogen-bond acceptors (Lipinski definition) is 7. The van der Waals surface area contributed by atoms with E-state index in [2.05, 4.69) is 4.57 Å². The second-order valence-corrected chi connectivity index (χ2v) is 13.1. The van der Waals surface area contributed by atoms with Gasteiger partial charge in [0.1, 0.15) is 35.1 Å². The zero-order valence-corrected chi connectivity index (χ0v) is 28.7. The van der Waals surface area contributed by atoms with Crippen LogP contribution in [0.3, 0.4) is 0 Å². The van der Waals surface area contributed by atoms with E-state index in [1.165, 1.54) is 34.8 Å². The number of aromatic carboxylic acids is 1. The van der Waals surface area contributed by atoms with Gasteiger partial charge in [0.05, 0.1) is 33.8 Å². The molecule has 1 N–H and O–H groups in total. The highest BCUT2D eigenvalue weighted by Gasteiger charge is 2.24. The number of carbonyl (C=O) groups is 2. The summed E-state index contributed by atoms with van der Waals surface area (Å²) >= 11 is 1.43. The van der Waals surface area contributed by atoms with E-state index >= 15 is 0 Å². The molecule has 1 fully saturated rings. The molecule has 1 amide bonds. The van der Waals surface area contributed by atoms with Crippen LogP contribution in [0.25, 0.3) is 33.7 Å². The third kappa shape index (κ3) is 7.69. The quantitative estimate of drug-likeness (QED) is 0.148. The molecule has 2 aromatic heterocycles. The SMILES string of the molecule is CC(Oc1ccc(-c2nc3cc(C(=O)O)ccc3n2C2CCCCC2)cc1)c1sc(COCC(=O)N(C)C)nc1-c1ccc(F)cc1.Cl. The zero-order valence-electron chi connectivity index (χ0n) is 27.0. The molecule has 1 atom stereocenters. The van der Waals surface area contributed by atoms with Crippen molar-refractivity contribution >= 4 is 46.7 Å². The van der Waals surface area contributed by atoms with E-state index in [9.17, 15) is 19.1 Å². The minimum Gasteiger partial charge on any atom is -0.485 e. The fourth-order valence-corrected chi connectivity index (χ4v) is 6.98. The maximum Gasteiger partial charge on any atom is 0.335 e. The predicted octanol–water partition coefficient (Wildman–Crippen LogP) is 8.34. The van der Waals surface area contributed by atoms with E-state index in [4.69, 9.17) is 19.4 Å². The number of ether oxygens (including phenoxy) is 2. The highest BCUT2D eigenvalue weighted by molar-refractivity contribution is 7.12. The molecule has 5 aromatic rings. The van der Waals surface area contributed by atoms with Crippen LogP contribution in [-0.2, 0) is 16.1 Å². The molecule has 252 valence electrons. The molecule has 1 unspecified atom stereocenters. The minimum atomic E-state index is -0.973. The van der Waals surface area contributed by atoms with Gasteiger partial charge in [-0.3, -0.25) is 4.79 Å². The predicted molar refractivity (Wildman–Crippen MR) is 186 cm³/mol. The Kier molecular flexibility index (Phi) is 11.1. The van der Waals surface area contributed by atoms with Crippen LogP contribution in [-0.4, -0.2) is 57.1 Å². The molecule has 0 bridgehead atoms. The number of carboxylic acid groups (broad SMARTS) is 1. The van der Waals surface area contributed by atoms with Gasteiger partial charge in [-0.2, -0.15) is 0 Å². The van der Waals surface area contributed by atoms with Crippen LogP contribution in [0.2, 0.25) is 0 Å². The Balaban J connectivity index is 0.00000451. The second-order valence-electron chi connectivity index (χ2n) is 12.0. The van der Waals surface area contributed by atoms with Crippen LogP contribution in [0, 0.1) is 5.82 Å². The normalized spacial score (nSPS) is 14.0. The first kappa shape index (κ1) is 35.0. The molecular weight excluding hydrogens is 655 g/mol. The third-order valence-electron chi connectivity index (χ3n) is 8.44. The van der Waals surface area contributed by atoms with Crippen molar-refractivity contribution in [3.63, 3.8) is 0 Å². The molecule has 0 aliphatic heterocycles. The highest BCUT2D eigenvalue weighted by Crippen LogP contribution is 2.38. The molecular formula is C36H38ClFN4O5S. The van der Waals surface area contributed by atoms with Crippen LogP contribution >= 0.6 is 23.7 Å². The summed E-state index contributed by atoms with van der Waals surface area (Å²) in [5.74, 6) is 0.0222. The number of rotatable bonds is 11. The fraction of sp³-hybridized carbons (Fsp3) is 0.333. The summed E-state index contributed by atoms with van der Waals surface area (Å²) in [6, 6.07) is 19.4. The molecule has 1 saturated carbocycles. The number of benzene rings is 3. The molecule has 0 spiro atoms. The van der Waals surface area contributed by atoms with Crippen molar-refractivity contribution in [1.29, 1.82) is 0 Å². The van der Waals surface area contributed by atoms with E-state index in [0.717, 1.165) is 53.0 Å². The van der Waals surface area contributed by atoms with E-state index in [-0.39, 0.29) is 42.9 Å². The lowest BCUT2D eigenvalue weighted by molar-refractivity contribution is -0.133. The summed E-state index contributed by atoms with van der Waals surface area (Å²) < 4.78 is 28.1. The van der Waals surface area contributed by atoms with Gasteiger partial charge < -0.3 is 24.0 Å². The molecule has 12 heteroatoms. The largest absolute Gasteiger partial charge is 0.485 e. The lowest BCUT2D eigenvalue weighted by Gasteiger charge is -2.25. The second kappa shape index (κ2) is 15.3. The standard InChI is InChI=1S/C36H37FN4O5S.ClH/c1-22(34-33(23-9-14-26(37)15-10-23)39-31(47-34)20-45-21-32(42)40(2)3)46-28-16-11-24(12-17-28)35-38-29-19-25(36(43)44)13-18-30(29)41(35)27-7-5-4-6-8-27;/h9-19,22,27H,4-8,20-21H2,1-3H3,(H,43,44);1H. The number of fused-ring (bicyclic) bond motifs is 1. The molecule has 48 heavy (non-hydrogen) atoms. The van der Waals surface area contributed by atoms with Gasteiger partial charge in [0, 0.05) is 31.3 Å². The number of nitrogens with zero attached hydrogens (tertiary/aromatic N) is 4. The number of likely N-dealkylation sites (N-methyl/N-ethyl adjacent to an activating group) is 1. The molecule has 1 aliphatic carbocycles. The summed E-state index contributed by atoms with van der Waals surface area (Å²) in [6.07, 6.45) is 5.25. The molecule has 6 rings (SSSR count). The van der Waals surface area contributed by atoms with Crippen molar-refractivity contribution in [3.05, 3.63) is 88.0 Å². The van der Waals surface area contributed by atoms with Crippen LogP contribution in [0.15, 0.2) is 66.7 Å². The number of halogens is 2. The molecule has 1 aliphatic rings. The molecule has 9 nitrogen and oxygen atoms in total. The van der Waals surface area contributed by atoms with Gasteiger partial charge in [0.2, 0.25) is 5.91 Å². The van der Waals surface area contributed by atoms with Crippen molar-refractivity contribution in [2.75, 3.05) is 20.7 Å². The van der Waals surface area contributed by atoms with Crippen molar-refractivity contribution < 1.29 is 28.6 Å². The van der Waals surface area contributed by atoms with E-state index in [1.807, 2.05) is 37.3 Å². The average Bonchev–Trinajstić information content (AvgIpc) is 3.67. The summed E-state index contributed by atoms with van der Waals surface area (Å²) in [5.41, 5.74) is 4.18. The Labute approximate surface area is 288 Å². The van der Waals surface area contributed by atoms with E-state index in [1.54, 1.807) is 38.4 Å². The zero-order chi connectivity index (χ0) is 33.1. The lowest BCUT2D eigenvalue weighted by atomic mass is 9.95. The maximum absolute atomic E-state index is 13.7. The number of thiazole rings is 1. The molecule has 2 heterocycles. The summed E-state index contributed by atoms with van der Waals surface area (Å²) in [5, 5.41) is 10.2. The number of carbonyl (C=O) groups excluding carboxylic acids is 1. The average molecular weight is 693 g/mol. The Hall–Kier alpha value is -4.32. The Morgan fingerprint density at radius 3 is 2.35 bits per heavy atom. The van der Waals surface area contributed by atoms with E-state index < -0.39 is 12.1 Å². The first-order valence-electron chi connectivity index (χ1n) is 15.7. The topological polar surface area (TPSA) is 107 Å². The van der Waals surface area contributed by atoms with Gasteiger partial charge in [-0.25, -0.2) is 19.2 Å².